The molecular weight excluding hydrogens is 444 g/mol. The van der Waals surface area contributed by atoms with Gasteiger partial charge in [0.2, 0.25) is 5.92 Å². The lowest BCUT2D eigenvalue weighted by Crippen LogP contribution is -2.15. The average Bonchev–Trinajstić information content (AvgIpc) is 3.24. The maximum Gasteiger partial charge on any atom is 0.245 e. The van der Waals surface area contributed by atoms with E-state index in [1.807, 2.05) is 37.5 Å². The summed E-state index contributed by atoms with van der Waals surface area (Å²) in [5.74, 6) is -2.00. The van der Waals surface area contributed by atoms with E-state index in [0.717, 1.165) is 33.5 Å². The van der Waals surface area contributed by atoms with E-state index >= 15 is 0 Å². The third kappa shape index (κ3) is 4.48. The molecule has 0 saturated carbocycles. The van der Waals surface area contributed by atoms with Gasteiger partial charge in [-0.25, -0.2) is 8.78 Å². The molecule has 0 aliphatic carbocycles. The van der Waals surface area contributed by atoms with E-state index in [9.17, 15) is 18.8 Å². The number of aliphatic imine (C=N–C) groups is 1. The minimum Gasteiger partial charge on any atom is -0.300 e. The number of carbonyl (C=O) groups is 1. The van der Waals surface area contributed by atoms with Crippen molar-refractivity contribution < 1.29 is 13.6 Å². The van der Waals surface area contributed by atoms with Gasteiger partial charge in [-0.05, 0) is 45.4 Å². The van der Waals surface area contributed by atoms with Crippen molar-refractivity contribution in [3.05, 3.63) is 63.0 Å². The Balaban J connectivity index is 1.85. The zero-order valence-corrected chi connectivity index (χ0v) is 19.6. The quantitative estimate of drug-likeness (QED) is 0.485. The number of Topliss-reactive ketones (excluding diaryl/α,β-unsaturated/α-hetero) is 1. The molecule has 1 aliphatic rings. The van der Waals surface area contributed by atoms with Crippen molar-refractivity contribution >= 4 is 22.8 Å². The zero-order chi connectivity index (χ0) is 23.9. The lowest BCUT2D eigenvalue weighted by Gasteiger charge is -2.13. The highest BCUT2D eigenvalue weighted by Crippen LogP contribution is 2.39. The third-order valence-corrected chi connectivity index (χ3v) is 6.98. The largest absolute Gasteiger partial charge is 0.300 e. The van der Waals surface area contributed by atoms with Crippen molar-refractivity contribution in [1.82, 2.24) is 14.8 Å². The molecule has 4 rings (SSSR count). The molecular formula is C24H23F2N5OS. The van der Waals surface area contributed by atoms with Crippen LogP contribution in [0.3, 0.4) is 0 Å². The summed E-state index contributed by atoms with van der Waals surface area (Å²) in [7, 11) is 0. The van der Waals surface area contributed by atoms with Gasteiger partial charge in [0, 0.05) is 35.3 Å². The summed E-state index contributed by atoms with van der Waals surface area (Å²) in [6.07, 6.45) is -0.766. The molecule has 0 saturated heterocycles. The van der Waals surface area contributed by atoms with E-state index in [0.29, 0.717) is 22.9 Å². The number of rotatable bonds is 6. The summed E-state index contributed by atoms with van der Waals surface area (Å²) in [5, 5.41) is 18.6. The van der Waals surface area contributed by atoms with Crippen LogP contribution in [0, 0.1) is 32.1 Å². The second-order valence-corrected chi connectivity index (χ2v) is 9.60. The second-order valence-electron chi connectivity index (χ2n) is 8.40. The molecule has 6 nitrogen and oxygen atoms in total. The number of halogens is 2. The van der Waals surface area contributed by atoms with Crippen molar-refractivity contribution in [1.29, 1.82) is 5.26 Å². The third-order valence-electron chi connectivity index (χ3n) is 5.79. The highest BCUT2D eigenvalue weighted by Gasteiger charge is 2.33. The standard InChI is InChI=1S/C24H23F2N5OS/c1-13-14(2)33-23-20(13)21(17-7-5-16(12-27)6-8-17)28-19(22-30-29-15(3)31(22)23)11-18(32)9-10-24(4,25)26/h5-8,19H,9-11H2,1-4H3/t19-/m0/s1. The van der Waals surface area contributed by atoms with Crippen LogP contribution in [0.5, 0.6) is 0 Å². The SMILES string of the molecule is Cc1sc2c(c1C)C(c1ccc(C#N)cc1)=N[C@@H](CC(=O)CCC(C)(F)F)c1nnc(C)n1-2. The molecule has 0 fully saturated rings. The average molecular weight is 468 g/mol. The van der Waals surface area contributed by atoms with Crippen LogP contribution in [0.2, 0.25) is 0 Å². The first kappa shape index (κ1) is 22.9. The highest BCUT2D eigenvalue weighted by molar-refractivity contribution is 7.15. The molecule has 1 aliphatic heterocycles. The van der Waals surface area contributed by atoms with Crippen molar-refractivity contribution in [3.8, 4) is 11.1 Å². The Hall–Kier alpha value is -3.25. The first-order valence-electron chi connectivity index (χ1n) is 10.6. The van der Waals surface area contributed by atoms with Gasteiger partial charge in [-0.3, -0.25) is 14.4 Å². The smallest absolute Gasteiger partial charge is 0.245 e. The molecule has 0 radical (unpaired) electrons. The topological polar surface area (TPSA) is 83.9 Å². The molecule has 0 bridgehead atoms. The number of nitrogens with zero attached hydrogens (tertiary/aromatic N) is 5. The van der Waals surface area contributed by atoms with Crippen LogP contribution >= 0.6 is 11.3 Å². The predicted octanol–water partition coefficient (Wildman–Crippen LogP) is 5.41. The molecule has 2 aromatic heterocycles. The fourth-order valence-corrected chi connectivity index (χ4v) is 5.12. The van der Waals surface area contributed by atoms with Crippen molar-refractivity contribution in [3.63, 3.8) is 0 Å². The summed E-state index contributed by atoms with van der Waals surface area (Å²) < 4.78 is 28.5. The Morgan fingerprint density at radius 1 is 1.21 bits per heavy atom. The Bertz CT molecular complexity index is 1290. The number of aryl methyl sites for hydroxylation is 2. The second kappa shape index (κ2) is 8.60. The monoisotopic (exact) mass is 467 g/mol. The van der Waals surface area contributed by atoms with Gasteiger partial charge in [0.15, 0.2) is 5.82 Å². The number of nitriles is 1. The molecule has 0 N–H and O–H groups in total. The fourth-order valence-electron chi connectivity index (χ4n) is 3.90. The van der Waals surface area contributed by atoms with Crippen LogP contribution in [0.15, 0.2) is 29.3 Å². The lowest BCUT2D eigenvalue weighted by atomic mass is 9.98. The molecule has 0 unspecified atom stereocenters. The van der Waals surface area contributed by atoms with E-state index in [-0.39, 0.29) is 18.6 Å². The number of ketones is 1. The summed E-state index contributed by atoms with van der Waals surface area (Å²) in [6.45, 7) is 6.72. The molecule has 3 heterocycles. The fraction of sp³-hybridized carbons (Fsp3) is 0.375. The lowest BCUT2D eigenvalue weighted by molar-refractivity contribution is -0.121. The number of alkyl halides is 2. The Kier molecular flexibility index (Phi) is 5.97. The van der Waals surface area contributed by atoms with Crippen LogP contribution in [-0.2, 0) is 4.79 Å². The van der Waals surface area contributed by atoms with E-state index in [1.165, 1.54) is 0 Å². The maximum absolute atomic E-state index is 13.3. The molecule has 9 heteroatoms. The van der Waals surface area contributed by atoms with E-state index < -0.39 is 18.4 Å². The van der Waals surface area contributed by atoms with Crippen LogP contribution in [0.25, 0.3) is 5.00 Å². The number of hydrogen-bond acceptors (Lipinski definition) is 6. The molecule has 3 aromatic rings. The van der Waals surface area contributed by atoms with Gasteiger partial charge in [0.1, 0.15) is 22.7 Å². The van der Waals surface area contributed by atoms with Gasteiger partial charge < -0.3 is 0 Å². The van der Waals surface area contributed by atoms with E-state index in [4.69, 9.17) is 4.99 Å². The van der Waals surface area contributed by atoms with Gasteiger partial charge in [0.05, 0.1) is 17.3 Å². The molecule has 1 aromatic carbocycles. The van der Waals surface area contributed by atoms with E-state index in [2.05, 4.69) is 16.3 Å². The Morgan fingerprint density at radius 3 is 2.55 bits per heavy atom. The molecule has 33 heavy (non-hydrogen) atoms. The maximum atomic E-state index is 13.3. The van der Waals surface area contributed by atoms with Gasteiger partial charge >= 0.3 is 0 Å². The molecule has 0 amide bonds. The van der Waals surface area contributed by atoms with Gasteiger partial charge in [-0.15, -0.1) is 21.5 Å². The summed E-state index contributed by atoms with van der Waals surface area (Å²) in [5.41, 5.74) is 4.03. The summed E-state index contributed by atoms with van der Waals surface area (Å²) >= 11 is 1.60. The first-order chi connectivity index (χ1) is 15.6. The normalized spacial score (nSPS) is 15.3. The van der Waals surface area contributed by atoms with Crippen molar-refractivity contribution in [2.45, 2.75) is 58.9 Å². The van der Waals surface area contributed by atoms with Crippen molar-refractivity contribution in [2.75, 3.05) is 0 Å². The number of hydrogen-bond donors (Lipinski definition) is 0. The zero-order valence-electron chi connectivity index (χ0n) is 18.8. The molecule has 170 valence electrons. The minimum atomic E-state index is -2.90. The van der Waals surface area contributed by atoms with Gasteiger partial charge in [-0.1, -0.05) is 12.1 Å². The van der Waals surface area contributed by atoms with Crippen LogP contribution < -0.4 is 0 Å². The summed E-state index contributed by atoms with van der Waals surface area (Å²) in [6, 6.07) is 8.59. The van der Waals surface area contributed by atoms with Gasteiger partial charge in [0.25, 0.3) is 0 Å². The highest BCUT2D eigenvalue weighted by atomic mass is 32.1. The molecule has 0 spiro atoms. The van der Waals surface area contributed by atoms with Crippen molar-refractivity contribution in [2.24, 2.45) is 4.99 Å². The first-order valence-corrected chi connectivity index (χ1v) is 11.4. The Labute approximate surface area is 194 Å². The minimum absolute atomic E-state index is 0.0407. The number of fused-ring (bicyclic) bond motifs is 3. The van der Waals surface area contributed by atoms with E-state index in [1.54, 1.807) is 23.5 Å². The predicted molar refractivity (Wildman–Crippen MR) is 122 cm³/mol. The number of carbonyl (C=O) groups excluding carboxylic acids is 1. The van der Waals surface area contributed by atoms with Crippen LogP contribution in [0.1, 0.15) is 71.0 Å². The van der Waals surface area contributed by atoms with Crippen LogP contribution in [0.4, 0.5) is 8.78 Å². The van der Waals surface area contributed by atoms with Crippen LogP contribution in [-0.4, -0.2) is 32.2 Å². The summed E-state index contributed by atoms with van der Waals surface area (Å²) in [4.78, 5) is 18.7. The Morgan fingerprint density at radius 2 is 1.91 bits per heavy atom. The number of benzene rings is 1. The number of thiophene rings is 1. The number of aromatic nitrogens is 3. The molecule has 1 atom stereocenters. The van der Waals surface area contributed by atoms with Gasteiger partial charge in [-0.2, -0.15) is 5.26 Å².